The van der Waals surface area contributed by atoms with Crippen LogP contribution in [0.3, 0.4) is 0 Å². The molecule has 0 aliphatic carbocycles. The molecule has 0 radical (unpaired) electrons. The lowest BCUT2D eigenvalue weighted by Crippen LogP contribution is -2.04. The molecule has 1 N–H and O–H groups in total. The maximum absolute atomic E-state index is 5.62. The zero-order valence-corrected chi connectivity index (χ0v) is 12.2. The summed E-state index contributed by atoms with van der Waals surface area (Å²) in [5.74, 6) is 1.66. The zero-order chi connectivity index (χ0) is 14.4. The van der Waals surface area contributed by atoms with Gasteiger partial charge in [-0.05, 0) is 32.0 Å². The summed E-state index contributed by atoms with van der Waals surface area (Å²) < 4.78 is 12.9. The number of nitrogens with zero attached hydrogens (tertiary/aromatic N) is 2. The highest BCUT2D eigenvalue weighted by Gasteiger charge is 2.06. The van der Waals surface area contributed by atoms with Crippen molar-refractivity contribution in [1.29, 1.82) is 0 Å². The van der Waals surface area contributed by atoms with E-state index >= 15 is 0 Å². The molecule has 0 bridgehead atoms. The lowest BCUT2D eigenvalue weighted by molar-refractivity contribution is 0.332. The second kappa shape index (κ2) is 6.84. The van der Waals surface area contributed by atoms with E-state index in [1.165, 1.54) is 0 Å². The highest BCUT2D eigenvalue weighted by molar-refractivity contribution is 5.59. The van der Waals surface area contributed by atoms with Gasteiger partial charge in [0.2, 0.25) is 0 Å². The van der Waals surface area contributed by atoms with Crippen molar-refractivity contribution in [2.75, 3.05) is 18.5 Å². The Balaban J connectivity index is 2.11. The van der Waals surface area contributed by atoms with Crippen LogP contribution in [0.2, 0.25) is 0 Å². The van der Waals surface area contributed by atoms with E-state index in [4.69, 9.17) is 9.47 Å². The summed E-state index contributed by atoms with van der Waals surface area (Å²) in [7, 11) is 1.91. The van der Waals surface area contributed by atoms with E-state index in [0.29, 0.717) is 19.8 Å². The Hall–Kier alpha value is -2.17. The molecular weight excluding hydrogens is 254 g/mol. The largest absolute Gasteiger partial charge is 0.494 e. The van der Waals surface area contributed by atoms with E-state index in [1.54, 1.807) is 4.68 Å². The summed E-state index contributed by atoms with van der Waals surface area (Å²) in [5.41, 5.74) is 1.90. The summed E-state index contributed by atoms with van der Waals surface area (Å²) in [6.07, 6.45) is 1.93. The molecule has 2 rings (SSSR count). The van der Waals surface area contributed by atoms with Crippen LogP contribution in [0.4, 0.5) is 5.69 Å². The van der Waals surface area contributed by atoms with Gasteiger partial charge in [0.05, 0.1) is 31.1 Å². The quantitative estimate of drug-likeness (QED) is 0.844. The van der Waals surface area contributed by atoms with Crippen LogP contribution in [0.25, 0.3) is 0 Å². The van der Waals surface area contributed by atoms with E-state index in [-0.39, 0.29) is 0 Å². The average Bonchev–Trinajstić information content (AvgIpc) is 2.85. The highest BCUT2D eigenvalue weighted by Crippen LogP contribution is 2.29. The molecule has 2 aromatic rings. The number of rotatable bonds is 7. The fraction of sp³-hybridized carbons (Fsp3) is 0.400. The number of hydrogen-bond donors (Lipinski definition) is 1. The van der Waals surface area contributed by atoms with Gasteiger partial charge in [0.1, 0.15) is 11.5 Å². The summed E-state index contributed by atoms with van der Waals surface area (Å²) in [5, 5.41) is 7.69. The number of nitrogens with one attached hydrogen (secondary N) is 1. The Bertz CT molecular complexity index is 552. The van der Waals surface area contributed by atoms with Gasteiger partial charge < -0.3 is 14.8 Å². The molecule has 5 nitrogen and oxygen atoms in total. The second-order valence-electron chi connectivity index (χ2n) is 4.36. The van der Waals surface area contributed by atoms with E-state index in [9.17, 15) is 0 Å². The van der Waals surface area contributed by atoms with Gasteiger partial charge in [0, 0.05) is 19.3 Å². The fourth-order valence-corrected chi connectivity index (χ4v) is 1.93. The van der Waals surface area contributed by atoms with Crippen LogP contribution < -0.4 is 14.8 Å². The van der Waals surface area contributed by atoms with Crippen LogP contribution in [0, 0.1) is 0 Å². The Morgan fingerprint density at radius 1 is 1.15 bits per heavy atom. The van der Waals surface area contributed by atoms with Gasteiger partial charge in [-0.3, -0.25) is 4.68 Å². The summed E-state index contributed by atoms with van der Waals surface area (Å²) >= 11 is 0. The van der Waals surface area contributed by atoms with Crippen molar-refractivity contribution in [3.05, 3.63) is 36.2 Å². The van der Waals surface area contributed by atoms with Crippen LogP contribution in [-0.4, -0.2) is 23.0 Å². The van der Waals surface area contributed by atoms with Gasteiger partial charge in [0.25, 0.3) is 0 Å². The minimum Gasteiger partial charge on any atom is -0.494 e. The molecule has 0 spiro atoms. The third kappa shape index (κ3) is 3.66. The molecule has 5 heteroatoms. The SMILES string of the molecule is CCOc1ccc(OCC)c(NCc2ccn(C)n2)c1. The van der Waals surface area contributed by atoms with E-state index in [0.717, 1.165) is 22.9 Å². The van der Waals surface area contributed by atoms with Crippen molar-refractivity contribution >= 4 is 5.69 Å². The van der Waals surface area contributed by atoms with Gasteiger partial charge in [-0.1, -0.05) is 0 Å². The number of ether oxygens (including phenoxy) is 2. The lowest BCUT2D eigenvalue weighted by atomic mass is 10.2. The molecule has 1 aromatic carbocycles. The Labute approximate surface area is 119 Å². The van der Waals surface area contributed by atoms with Gasteiger partial charge >= 0.3 is 0 Å². The van der Waals surface area contributed by atoms with Crippen molar-refractivity contribution in [2.45, 2.75) is 20.4 Å². The molecule has 1 aromatic heterocycles. The monoisotopic (exact) mass is 275 g/mol. The molecule has 0 aliphatic heterocycles. The first-order chi connectivity index (χ1) is 9.72. The van der Waals surface area contributed by atoms with Crippen molar-refractivity contribution in [2.24, 2.45) is 7.05 Å². The fourth-order valence-electron chi connectivity index (χ4n) is 1.93. The predicted molar refractivity (Wildman–Crippen MR) is 79.3 cm³/mol. The van der Waals surface area contributed by atoms with Gasteiger partial charge in [-0.25, -0.2) is 0 Å². The van der Waals surface area contributed by atoms with E-state index in [2.05, 4.69) is 10.4 Å². The minimum atomic E-state index is 0.631. The molecule has 0 saturated heterocycles. The van der Waals surface area contributed by atoms with Crippen LogP contribution in [-0.2, 0) is 13.6 Å². The van der Waals surface area contributed by atoms with Crippen LogP contribution in [0.5, 0.6) is 11.5 Å². The molecule has 1 heterocycles. The second-order valence-corrected chi connectivity index (χ2v) is 4.36. The third-order valence-corrected chi connectivity index (χ3v) is 2.79. The number of anilines is 1. The molecule has 0 atom stereocenters. The zero-order valence-electron chi connectivity index (χ0n) is 12.2. The normalized spacial score (nSPS) is 10.3. The van der Waals surface area contributed by atoms with Crippen molar-refractivity contribution in [3.8, 4) is 11.5 Å². The first-order valence-electron chi connectivity index (χ1n) is 6.85. The molecule has 0 unspecified atom stereocenters. The van der Waals surface area contributed by atoms with Gasteiger partial charge in [-0.2, -0.15) is 5.10 Å². The maximum atomic E-state index is 5.62. The van der Waals surface area contributed by atoms with Crippen LogP contribution >= 0.6 is 0 Å². The Morgan fingerprint density at radius 2 is 1.95 bits per heavy atom. The molecule has 108 valence electrons. The molecule has 0 fully saturated rings. The highest BCUT2D eigenvalue weighted by atomic mass is 16.5. The van der Waals surface area contributed by atoms with Crippen LogP contribution in [0.1, 0.15) is 19.5 Å². The number of hydrogen-bond acceptors (Lipinski definition) is 4. The number of aryl methyl sites for hydroxylation is 1. The topological polar surface area (TPSA) is 48.3 Å². The lowest BCUT2D eigenvalue weighted by Gasteiger charge is -2.13. The molecule has 0 amide bonds. The molecule has 20 heavy (non-hydrogen) atoms. The molecular formula is C15H21N3O2. The summed E-state index contributed by atoms with van der Waals surface area (Å²) in [4.78, 5) is 0. The first-order valence-corrected chi connectivity index (χ1v) is 6.85. The average molecular weight is 275 g/mol. The van der Waals surface area contributed by atoms with Crippen molar-refractivity contribution in [3.63, 3.8) is 0 Å². The predicted octanol–water partition coefficient (Wildman–Crippen LogP) is 2.83. The smallest absolute Gasteiger partial charge is 0.142 e. The Morgan fingerprint density at radius 3 is 2.60 bits per heavy atom. The maximum Gasteiger partial charge on any atom is 0.142 e. The Kier molecular flexibility index (Phi) is 4.87. The van der Waals surface area contributed by atoms with Gasteiger partial charge in [0.15, 0.2) is 0 Å². The van der Waals surface area contributed by atoms with E-state index < -0.39 is 0 Å². The number of benzene rings is 1. The van der Waals surface area contributed by atoms with Crippen molar-refractivity contribution < 1.29 is 9.47 Å². The standard InChI is InChI=1S/C15H21N3O2/c1-4-19-13-6-7-15(20-5-2)14(10-13)16-11-12-8-9-18(3)17-12/h6-10,16H,4-5,11H2,1-3H3. The minimum absolute atomic E-state index is 0.631. The first kappa shape index (κ1) is 14.2. The van der Waals surface area contributed by atoms with Crippen molar-refractivity contribution in [1.82, 2.24) is 9.78 Å². The van der Waals surface area contributed by atoms with Gasteiger partial charge in [-0.15, -0.1) is 0 Å². The summed E-state index contributed by atoms with van der Waals surface area (Å²) in [6.45, 7) is 5.87. The van der Waals surface area contributed by atoms with Crippen LogP contribution in [0.15, 0.2) is 30.5 Å². The third-order valence-electron chi connectivity index (χ3n) is 2.79. The summed E-state index contributed by atoms with van der Waals surface area (Å²) in [6, 6.07) is 7.78. The number of aromatic nitrogens is 2. The molecule has 0 aliphatic rings. The molecule has 0 saturated carbocycles. The van der Waals surface area contributed by atoms with E-state index in [1.807, 2.05) is 51.4 Å².